The molecule has 0 fully saturated rings. The van der Waals surface area contributed by atoms with Crippen LogP contribution in [0.5, 0.6) is 0 Å². The zero-order valence-electron chi connectivity index (χ0n) is 12.8. The lowest BCUT2D eigenvalue weighted by atomic mass is 10.0. The van der Waals surface area contributed by atoms with Gasteiger partial charge < -0.3 is 10.4 Å². The lowest BCUT2D eigenvalue weighted by molar-refractivity contribution is -0.139. The normalized spacial score (nSPS) is 12.0. The molecule has 114 valence electrons. The fourth-order valence-electron chi connectivity index (χ4n) is 2.08. The zero-order chi connectivity index (χ0) is 16.2. The molecule has 0 heterocycles. The Morgan fingerprint density at radius 2 is 1.86 bits per heavy atom. The third kappa shape index (κ3) is 4.70. The van der Waals surface area contributed by atoms with Gasteiger partial charge in [0, 0.05) is 11.1 Å². The maximum Gasteiger partial charge on any atom is 0.326 e. The van der Waals surface area contributed by atoms with Crippen molar-refractivity contribution in [2.75, 3.05) is 0 Å². The van der Waals surface area contributed by atoms with Crippen LogP contribution < -0.4 is 5.32 Å². The Bertz CT molecular complexity index is 563. The number of nitrogens with one attached hydrogen (secondary N) is 1. The Hall–Kier alpha value is -2.17. The van der Waals surface area contributed by atoms with Crippen LogP contribution in [0.15, 0.2) is 18.2 Å². The zero-order valence-corrected chi connectivity index (χ0v) is 12.8. The van der Waals surface area contributed by atoms with E-state index < -0.39 is 17.9 Å². The second-order valence-corrected chi connectivity index (χ2v) is 5.58. The molecule has 1 amide bonds. The second-order valence-electron chi connectivity index (χ2n) is 5.58. The number of carboxylic acid groups (broad SMARTS) is 1. The predicted molar refractivity (Wildman–Crippen MR) is 79.5 cm³/mol. The van der Waals surface area contributed by atoms with E-state index in [-0.39, 0.29) is 11.7 Å². The number of aliphatic carboxylic acids is 1. The number of amides is 1. The number of hydrogen-bond donors (Lipinski definition) is 2. The van der Waals surface area contributed by atoms with Crippen molar-refractivity contribution in [3.63, 3.8) is 0 Å². The quantitative estimate of drug-likeness (QED) is 0.788. The highest BCUT2D eigenvalue weighted by molar-refractivity contribution is 6.01. The Labute approximate surface area is 124 Å². The van der Waals surface area contributed by atoms with Crippen molar-refractivity contribution in [1.29, 1.82) is 0 Å². The highest BCUT2D eigenvalue weighted by Gasteiger charge is 2.22. The van der Waals surface area contributed by atoms with Crippen LogP contribution in [0.3, 0.4) is 0 Å². The van der Waals surface area contributed by atoms with Crippen LogP contribution in [-0.4, -0.2) is 28.8 Å². The van der Waals surface area contributed by atoms with Crippen LogP contribution in [0.4, 0.5) is 0 Å². The van der Waals surface area contributed by atoms with Crippen molar-refractivity contribution >= 4 is 17.7 Å². The predicted octanol–water partition coefficient (Wildman–Crippen LogP) is 2.43. The van der Waals surface area contributed by atoms with Crippen molar-refractivity contribution in [2.24, 2.45) is 5.92 Å². The van der Waals surface area contributed by atoms with Gasteiger partial charge in [0.2, 0.25) is 0 Å². The molecule has 0 aliphatic carbocycles. The summed E-state index contributed by atoms with van der Waals surface area (Å²) in [6.45, 7) is 7.00. The first-order chi connectivity index (χ1) is 9.72. The van der Waals surface area contributed by atoms with Crippen molar-refractivity contribution < 1.29 is 19.5 Å². The minimum Gasteiger partial charge on any atom is -0.480 e. The Kier molecular flexibility index (Phi) is 5.64. The first-order valence-corrected chi connectivity index (χ1v) is 6.87. The molecule has 0 saturated carbocycles. The summed E-state index contributed by atoms with van der Waals surface area (Å²) in [5.74, 6) is -1.52. The number of ketones is 1. The van der Waals surface area contributed by atoms with Gasteiger partial charge in [-0.1, -0.05) is 19.9 Å². The average Bonchev–Trinajstić information content (AvgIpc) is 2.37. The summed E-state index contributed by atoms with van der Waals surface area (Å²) in [5.41, 5.74) is 1.55. The number of rotatable bonds is 6. The van der Waals surface area contributed by atoms with Crippen molar-refractivity contribution in [2.45, 2.75) is 40.2 Å². The van der Waals surface area contributed by atoms with Crippen LogP contribution in [-0.2, 0) is 4.79 Å². The highest BCUT2D eigenvalue weighted by atomic mass is 16.4. The van der Waals surface area contributed by atoms with Crippen molar-refractivity contribution in [3.8, 4) is 0 Å². The lowest BCUT2D eigenvalue weighted by Gasteiger charge is -2.16. The number of carbonyl (C=O) groups is 3. The Morgan fingerprint density at radius 1 is 1.24 bits per heavy atom. The number of carbonyl (C=O) groups excluding carboxylic acids is 2. The standard InChI is InChI=1S/C16H21NO4/c1-9(2)7-14(16(20)21)17-15(19)12-6-5-10(3)13(8-12)11(4)18/h5-6,8-9,14H,7H2,1-4H3,(H,17,19)(H,20,21)/t14-/m0/s1. The molecule has 0 saturated heterocycles. The van der Waals surface area contributed by atoms with Gasteiger partial charge in [0.1, 0.15) is 6.04 Å². The van der Waals surface area contributed by atoms with E-state index in [1.165, 1.54) is 13.0 Å². The van der Waals surface area contributed by atoms with Gasteiger partial charge in [-0.3, -0.25) is 9.59 Å². The van der Waals surface area contributed by atoms with Gasteiger partial charge >= 0.3 is 5.97 Å². The van der Waals surface area contributed by atoms with Crippen molar-refractivity contribution in [1.82, 2.24) is 5.32 Å². The third-order valence-electron chi connectivity index (χ3n) is 3.19. The topological polar surface area (TPSA) is 83.5 Å². The monoisotopic (exact) mass is 291 g/mol. The molecule has 21 heavy (non-hydrogen) atoms. The van der Waals surface area contributed by atoms with Crippen LogP contribution in [0.25, 0.3) is 0 Å². The summed E-state index contributed by atoms with van der Waals surface area (Å²) < 4.78 is 0. The molecule has 0 spiro atoms. The number of Topliss-reactive ketones (excluding diaryl/α,β-unsaturated/α-hetero) is 1. The SMILES string of the molecule is CC(=O)c1cc(C(=O)N[C@@H](CC(C)C)C(=O)O)ccc1C. The molecule has 0 bridgehead atoms. The van der Waals surface area contributed by atoms with Gasteiger partial charge in [0.25, 0.3) is 5.91 Å². The number of carboxylic acids is 1. The Morgan fingerprint density at radius 3 is 2.33 bits per heavy atom. The van der Waals surface area contributed by atoms with Crippen LogP contribution in [0, 0.1) is 12.8 Å². The number of aryl methyl sites for hydroxylation is 1. The van der Waals surface area contributed by atoms with Gasteiger partial charge in [-0.25, -0.2) is 4.79 Å². The number of hydrogen-bond acceptors (Lipinski definition) is 3. The molecule has 5 nitrogen and oxygen atoms in total. The smallest absolute Gasteiger partial charge is 0.326 e. The van der Waals surface area contributed by atoms with Crippen molar-refractivity contribution in [3.05, 3.63) is 34.9 Å². The first-order valence-electron chi connectivity index (χ1n) is 6.87. The molecule has 2 N–H and O–H groups in total. The van der Waals surface area contributed by atoms with E-state index in [1.807, 2.05) is 13.8 Å². The highest BCUT2D eigenvalue weighted by Crippen LogP contribution is 2.13. The molecule has 0 aromatic heterocycles. The van der Waals surface area contributed by atoms with Gasteiger partial charge in [-0.05, 0) is 43.9 Å². The molecule has 5 heteroatoms. The first kappa shape index (κ1) is 16.9. The average molecular weight is 291 g/mol. The molecule has 0 aliphatic heterocycles. The summed E-state index contributed by atoms with van der Waals surface area (Å²) in [5, 5.41) is 11.6. The number of benzene rings is 1. The fourth-order valence-corrected chi connectivity index (χ4v) is 2.08. The van der Waals surface area contributed by atoms with E-state index in [0.717, 1.165) is 5.56 Å². The largest absolute Gasteiger partial charge is 0.480 e. The summed E-state index contributed by atoms with van der Waals surface area (Å²) in [4.78, 5) is 34.8. The van der Waals surface area contributed by atoms with Crippen LogP contribution in [0.1, 0.15) is 53.5 Å². The summed E-state index contributed by atoms with van der Waals surface area (Å²) >= 11 is 0. The van der Waals surface area contributed by atoms with Gasteiger partial charge in [-0.15, -0.1) is 0 Å². The van der Waals surface area contributed by atoms with Gasteiger partial charge in [0.05, 0.1) is 0 Å². The molecule has 0 aliphatic rings. The van der Waals surface area contributed by atoms with Crippen LogP contribution >= 0.6 is 0 Å². The molecular formula is C16H21NO4. The minimum absolute atomic E-state index is 0.126. The van der Waals surface area contributed by atoms with Gasteiger partial charge in [0.15, 0.2) is 5.78 Å². The summed E-state index contributed by atoms with van der Waals surface area (Å²) in [7, 11) is 0. The summed E-state index contributed by atoms with van der Waals surface area (Å²) in [6.07, 6.45) is 0.354. The molecule has 0 unspecified atom stereocenters. The second kappa shape index (κ2) is 7.02. The Balaban J connectivity index is 2.95. The maximum atomic E-state index is 12.1. The van der Waals surface area contributed by atoms with E-state index in [1.54, 1.807) is 19.1 Å². The molecule has 1 aromatic carbocycles. The third-order valence-corrected chi connectivity index (χ3v) is 3.19. The van der Waals surface area contributed by atoms with E-state index in [0.29, 0.717) is 17.5 Å². The maximum absolute atomic E-state index is 12.1. The molecule has 1 atom stereocenters. The van der Waals surface area contributed by atoms with E-state index in [2.05, 4.69) is 5.32 Å². The fraction of sp³-hybridized carbons (Fsp3) is 0.438. The van der Waals surface area contributed by atoms with E-state index in [9.17, 15) is 14.4 Å². The van der Waals surface area contributed by atoms with Crippen LogP contribution in [0.2, 0.25) is 0 Å². The molecule has 0 radical (unpaired) electrons. The molecule has 1 aromatic rings. The summed E-state index contributed by atoms with van der Waals surface area (Å²) in [6, 6.07) is 3.84. The van der Waals surface area contributed by atoms with E-state index in [4.69, 9.17) is 5.11 Å². The lowest BCUT2D eigenvalue weighted by Crippen LogP contribution is -2.41. The molecular weight excluding hydrogens is 270 g/mol. The molecule has 1 rings (SSSR count). The van der Waals surface area contributed by atoms with E-state index >= 15 is 0 Å². The minimum atomic E-state index is -1.06. The van der Waals surface area contributed by atoms with Gasteiger partial charge in [-0.2, -0.15) is 0 Å².